The van der Waals surface area contributed by atoms with Gasteiger partial charge in [-0.05, 0) is 36.8 Å². The first-order valence-electron chi connectivity index (χ1n) is 7.63. The summed E-state index contributed by atoms with van der Waals surface area (Å²) in [7, 11) is 1.49. The number of amides is 1. The molecule has 0 aliphatic heterocycles. The van der Waals surface area contributed by atoms with Crippen LogP contribution < -0.4 is 5.63 Å². The second-order valence-electron chi connectivity index (χ2n) is 5.75. The molecule has 128 valence electrons. The Kier molecular flexibility index (Phi) is 4.35. The molecule has 0 aliphatic carbocycles. The number of rotatable bonds is 3. The molecule has 4 nitrogen and oxygen atoms in total. The molecule has 3 rings (SSSR count). The number of benzene rings is 2. The van der Waals surface area contributed by atoms with E-state index in [0.717, 1.165) is 12.1 Å². The quantitative estimate of drug-likeness (QED) is 0.678. The highest BCUT2D eigenvalue weighted by Gasteiger charge is 2.23. The summed E-state index contributed by atoms with van der Waals surface area (Å²) in [5.41, 5.74) is -0.0519. The second kappa shape index (κ2) is 6.47. The predicted octanol–water partition coefficient (Wildman–Crippen LogP) is 3.90. The third-order valence-corrected chi connectivity index (χ3v) is 4.20. The van der Waals surface area contributed by atoms with E-state index in [4.69, 9.17) is 4.42 Å². The van der Waals surface area contributed by atoms with Crippen LogP contribution in [0.1, 0.15) is 28.9 Å². The standard InChI is InChI=1S/C19H15F2NO3/c1-11(12-7-8-15(20)16(21)10-12)22(2)18(23)14-9-13-5-3-4-6-17(13)25-19(14)24/h3-11H,1-2H3. The van der Waals surface area contributed by atoms with Crippen molar-refractivity contribution in [3.05, 3.63) is 81.7 Å². The maximum absolute atomic E-state index is 13.4. The number of carbonyl (C=O) groups is 1. The number of hydrogen-bond donors (Lipinski definition) is 0. The van der Waals surface area contributed by atoms with Crippen molar-refractivity contribution in [2.24, 2.45) is 0 Å². The smallest absolute Gasteiger partial charge is 0.349 e. The van der Waals surface area contributed by atoms with Gasteiger partial charge in [0.25, 0.3) is 5.91 Å². The van der Waals surface area contributed by atoms with E-state index in [0.29, 0.717) is 16.5 Å². The molecule has 0 bridgehead atoms. The Morgan fingerprint density at radius 2 is 1.80 bits per heavy atom. The van der Waals surface area contributed by atoms with Crippen molar-refractivity contribution in [1.82, 2.24) is 4.90 Å². The lowest BCUT2D eigenvalue weighted by atomic mass is 10.1. The van der Waals surface area contributed by atoms with E-state index in [2.05, 4.69) is 0 Å². The molecular formula is C19H15F2NO3. The first kappa shape index (κ1) is 16.8. The monoisotopic (exact) mass is 343 g/mol. The van der Waals surface area contributed by atoms with Crippen LogP contribution in [0.5, 0.6) is 0 Å². The van der Waals surface area contributed by atoms with Gasteiger partial charge in [-0.25, -0.2) is 13.6 Å². The Balaban J connectivity index is 1.95. The fourth-order valence-electron chi connectivity index (χ4n) is 2.57. The van der Waals surface area contributed by atoms with E-state index in [1.807, 2.05) is 0 Å². The molecule has 1 atom stereocenters. The number of hydrogen-bond acceptors (Lipinski definition) is 3. The van der Waals surface area contributed by atoms with E-state index in [1.54, 1.807) is 31.2 Å². The number of carbonyl (C=O) groups excluding carboxylic acids is 1. The van der Waals surface area contributed by atoms with E-state index in [-0.39, 0.29) is 5.56 Å². The van der Waals surface area contributed by atoms with E-state index >= 15 is 0 Å². The fourth-order valence-corrected chi connectivity index (χ4v) is 2.57. The summed E-state index contributed by atoms with van der Waals surface area (Å²) >= 11 is 0. The Morgan fingerprint density at radius 3 is 2.52 bits per heavy atom. The van der Waals surface area contributed by atoms with E-state index in [9.17, 15) is 18.4 Å². The van der Waals surface area contributed by atoms with Gasteiger partial charge in [-0.2, -0.15) is 0 Å². The SMILES string of the molecule is CC(c1ccc(F)c(F)c1)N(C)C(=O)c1cc2ccccc2oc1=O. The van der Waals surface area contributed by atoms with Crippen LogP contribution in [0.3, 0.4) is 0 Å². The average Bonchev–Trinajstić information content (AvgIpc) is 2.61. The molecule has 0 spiro atoms. The van der Waals surface area contributed by atoms with Crippen LogP contribution in [-0.2, 0) is 0 Å². The molecule has 3 aromatic rings. The van der Waals surface area contributed by atoms with Gasteiger partial charge < -0.3 is 9.32 Å². The van der Waals surface area contributed by atoms with Crippen molar-refractivity contribution < 1.29 is 18.0 Å². The molecule has 1 heterocycles. The van der Waals surface area contributed by atoms with Crippen molar-refractivity contribution in [3.8, 4) is 0 Å². The molecule has 1 unspecified atom stereocenters. The number of nitrogens with zero attached hydrogens (tertiary/aromatic N) is 1. The number of halogens is 2. The third-order valence-electron chi connectivity index (χ3n) is 4.20. The lowest BCUT2D eigenvalue weighted by molar-refractivity contribution is 0.0738. The van der Waals surface area contributed by atoms with E-state index in [1.165, 1.54) is 24.1 Å². The average molecular weight is 343 g/mol. The topological polar surface area (TPSA) is 50.5 Å². The zero-order chi connectivity index (χ0) is 18.1. The van der Waals surface area contributed by atoms with Gasteiger partial charge in [0, 0.05) is 12.4 Å². The minimum absolute atomic E-state index is 0.115. The van der Waals surface area contributed by atoms with Gasteiger partial charge in [0.05, 0.1) is 6.04 Å². The van der Waals surface area contributed by atoms with Gasteiger partial charge in [-0.15, -0.1) is 0 Å². The van der Waals surface area contributed by atoms with Gasteiger partial charge in [0.15, 0.2) is 11.6 Å². The molecule has 1 amide bonds. The van der Waals surface area contributed by atoms with Crippen molar-refractivity contribution in [2.45, 2.75) is 13.0 Å². The highest BCUT2D eigenvalue weighted by Crippen LogP contribution is 2.23. The van der Waals surface area contributed by atoms with Crippen LogP contribution >= 0.6 is 0 Å². The van der Waals surface area contributed by atoms with Gasteiger partial charge in [0.1, 0.15) is 11.1 Å². The molecule has 0 saturated carbocycles. The molecule has 2 aromatic carbocycles. The summed E-state index contributed by atoms with van der Waals surface area (Å²) < 4.78 is 31.7. The first-order chi connectivity index (χ1) is 11.9. The molecule has 0 radical (unpaired) electrons. The Hall–Kier alpha value is -3.02. The minimum atomic E-state index is -0.990. The second-order valence-corrected chi connectivity index (χ2v) is 5.75. The van der Waals surface area contributed by atoms with Crippen molar-refractivity contribution in [2.75, 3.05) is 7.05 Å². The fraction of sp³-hybridized carbons (Fsp3) is 0.158. The summed E-state index contributed by atoms with van der Waals surface area (Å²) in [6, 6.07) is 11.2. The summed E-state index contributed by atoms with van der Waals surface area (Å²) in [6.07, 6.45) is 0. The lowest BCUT2D eigenvalue weighted by Crippen LogP contribution is -2.33. The summed E-state index contributed by atoms with van der Waals surface area (Å²) in [6.45, 7) is 1.66. The molecule has 25 heavy (non-hydrogen) atoms. The Bertz CT molecular complexity index is 1010. The Labute approximate surface area is 142 Å². The highest BCUT2D eigenvalue weighted by molar-refractivity contribution is 5.96. The molecule has 0 fully saturated rings. The van der Waals surface area contributed by atoms with Crippen LogP contribution in [0, 0.1) is 11.6 Å². The zero-order valence-electron chi connectivity index (χ0n) is 13.6. The molecule has 0 aliphatic rings. The largest absolute Gasteiger partial charge is 0.422 e. The third kappa shape index (κ3) is 3.15. The maximum atomic E-state index is 13.4. The summed E-state index contributed by atoms with van der Waals surface area (Å²) in [4.78, 5) is 26.1. The first-order valence-corrected chi connectivity index (χ1v) is 7.63. The lowest BCUT2D eigenvalue weighted by Gasteiger charge is -2.25. The van der Waals surface area contributed by atoms with Gasteiger partial charge in [-0.3, -0.25) is 4.79 Å². The van der Waals surface area contributed by atoms with Crippen molar-refractivity contribution in [1.29, 1.82) is 0 Å². The van der Waals surface area contributed by atoms with Crippen LogP contribution in [0.4, 0.5) is 8.78 Å². The summed E-state index contributed by atoms with van der Waals surface area (Å²) in [5.74, 6) is -2.51. The molecule has 0 N–H and O–H groups in total. The van der Waals surface area contributed by atoms with Gasteiger partial charge >= 0.3 is 5.63 Å². The maximum Gasteiger partial charge on any atom is 0.349 e. The van der Waals surface area contributed by atoms with Gasteiger partial charge in [-0.1, -0.05) is 24.3 Å². The zero-order valence-corrected chi connectivity index (χ0v) is 13.6. The summed E-state index contributed by atoms with van der Waals surface area (Å²) in [5, 5.41) is 0.624. The van der Waals surface area contributed by atoms with Crippen LogP contribution in [0.15, 0.2) is 57.7 Å². The van der Waals surface area contributed by atoms with Gasteiger partial charge in [0.2, 0.25) is 0 Å². The van der Waals surface area contributed by atoms with Crippen molar-refractivity contribution >= 4 is 16.9 Å². The van der Waals surface area contributed by atoms with E-state index < -0.39 is 29.2 Å². The molecule has 6 heteroatoms. The molecular weight excluding hydrogens is 328 g/mol. The van der Waals surface area contributed by atoms with Crippen LogP contribution in [-0.4, -0.2) is 17.9 Å². The molecule has 0 saturated heterocycles. The van der Waals surface area contributed by atoms with Crippen LogP contribution in [0.2, 0.25) is 0 Å². The number of fused-ring (bicyclic) bond motifs is 1. The van der Waals surface area contributed by atoms with Crippen LogP contribution in [0.25, 0.3) is 11.0 Å². The highest BCUT2D eigenvalue weighted by atomic mass is 19.2. The molecule has 1 aromatic heterocycles. The normalized spacial score (nSPS) is 12.2. The Morgan fingerprint density at radius 1 is 1.08 bits per heavy atom. The predicted molar refractivity (Wildman–Crippen MR) is 89.4 cm³/mol. The number of para-hydroxylation sites is 1. The minimum Gasteiger partial charge on any atom is -0.422 e. The van der Waals surface area contributed by atoms with Crippen molar-refractivity contribution in [3.63, 3.8) is 0 Å².